The second-order valence-electron chi connectivity index (χ2n) is 6.92. The van der Waals surface area contributed by atoms with E-state index in [4.69, 9.17) is 5.11 Å². The molecule has 2 nitrogen and oxygen atoms in total. The number of carboxylic acids is 1. The Morgan fingerprint density at radius 3 is 1.29 bits per heavy atom. The molecule has 1 aliphatic carbocycles. The Morgan fingerprint density at radius 2 is 1.00 bits per heavy atom. The molecule has 0 heterocycles. The summed E-state index contributed by atoms with van der Waals surface area (Å²) in [6, 6.07) is 32.2. The molecule has 3 aromatic rings. The minimum Gasteiger partial charge on any atom is -0.481 e. The van der Waals surface area contributed by atoms with Gasteiger partial charge in [-0.1, -0.05) is 73.9 Å². The van der Waals surface area contributed by atoms with Crippen molar-refractivity contribution in [1.82, 2.24) is 0 Å². The van der Waals surface area contributed by atoms with Crippen molar-refractivity contribution in [2.75, 3.05) is 0 Å². The molecule has 0 radical (unpaired) electrons. The first-order chi connectivity index (χ1) is 13.8. The maximum Gasteiger partial charge on any atom is 0.306 e. The van der Waals surface area contributed by atoms with Crippen molar-refractivity contribution in [3.63, 3.8) is 0 Å². The smallest absolute Gasteiger partial charge is 0.306 e. The van der Waals surface area contributed by atoms with Gasteiger partial charge in [0.1, 0.15) is 0 Å². The maximum absolute atomic E-state index is 10.4. The molecule has 1 fully saturated rings. The van der Waals surface area contributed by atoms with Gasteiger partial charge in [-0.25, -0.2) is 0 Å². The molecule has 0 aliphatic heterocycles. The lowest BCUT2D eigenvalue weighted by Gasteiger charge is -2.16. The number of carbonyl (C=O) groups is 1. The molecule has 0 aromatic heterocycles. The Hall–Kier alpha value is -2.52. The number of rotatable bonds is 4. The predicted octanol–water partition coefficient (Wildman–Crippen LogP) is 6.43. The topological polar surface area (TPSA) is 37.3 Å². The van der Waals surface area contributed by atoms with Crippen LogP contribution in [0.25, 0.3) is 0 Å². The van der Waals surface area contributed by atoms with E-state index >= 15 is 0 Å². The van der Waals surface area contributed by atoms with Crippen molar-refractivity contribution < 1.29 is 9.90 Å². The lowest BCUT2D eigenvalue weighted by Crippen LogP contribution is -2.16. The summed E-state index contributed by atoms with van der Waals surface area (Å²) >= 11 is 0. The van der Waals surface area contributed by atoms with Gasteiger partial charge in [0.05, 0.1) is 16.8 Å². The molecule has 3 aromatic carbocycles. The summed E-state index contributed by atoms with van der Waals surface area (Å²) in [7, 11) is -0.0146. The van der Waals surface area contributed by atoms with E-state index in [9.17, 15) is 4.79 Å². The molecule has 0 spiro atoms. The third-order valence-electron chi connectivity index (χ3n) is 4.89. The summed E-state index contributed by atoms with van der Waals surface area (Å²) in [6.45, 7) is 0. The molecular formula is C25H27O2S+. The molecule has 1 saturated carbocycles. The van der Waals surface area contributed by atoms with Crippen LogP contribution in [-0.2, 0) is 15.7 Å². The van der Waals surface area contributed by atoms with Gasteiger partial charge in [-0.2, -0.15) is 0 Å². The van der Waals surface area contributed by atoms with Crippen LogP contribution in [0.4, 0.5) is 0 Å². The zero-order valence-corrected chi connectivity index (χ0v) is 16.9. The number of benzene rings is 3. The van der Waals surface area contributed by atoms with Crippen LogP contribution in [0.15, 0.2) is 106 Å². The van der Waals surface area contributed by atoms with Crippen LogP contribution >= 0.6 is 0 Å². The van der Waals surface area contributed by atoms with Crippen molar-refractivity contribution in [2.45, 2.75) is 46.8 Å². The van der Waals surface area contributed by atoms with Gasteiger partial charge in [-0.15, -0.1) is 0 Å². The second kappa shape index (κ2) is 10.7. The SMILES string of the molecule is O=C(O)C1CCCCC1.c1ccc([S+](c2ccccc2)c2ccccc2)cc1. The molecule has 0 saturated heterocycles. The molecule has 1 aliphatic rings. The Morgan fingerprint density at radius 1 is 0.643 bits per heavy atom. The molecular weight excluding hydrogens is 364 g/mol. The van der Waals surface area contributed by atoms with Crippen LogP contribution in [-0.4, -0.2) is 11.1 Å². The normalized spacial score (nSPS) is 14.2. The zero-order chi connectivity index (χ0) is 19.6. The van der Waals surface area contributed by atoms with E-state index in [0.29, 0.717) is 0 Å². The molecule has 28 heavy (non-hydrogen) atoms. The fraction of sp³-hybridized carbons (Fsp3) is 0.240. The fourth-order valence-electron chi connectivity index (χ4n) is 3.43. The fourth-order valence-corrected chi connectivity index (χ4v) is 5.53. The number of hydrogen-bond donors (Lipinski definition) is 1. The lowest BCUT2D eigenvalue weighted by atomic mass is 9.90. The van der Waals surface area contributed by atoms with Gasteiger partial charge in [0.15, 0.2) is 14.7 Å². The Bertz CT molecular complexity index is 734. The highest BCUT2D eigenvalue weighted by Gasteiger charge is 2.27. The Kier molecular flexibility index (Phi) is 7.74. The van der Waals surface area contributed by atoms with E-state index in [1.807, 2.05) is 0 Å². The van der Waals surface area contributed by atoms with Crippen LogP contribution in [0.5, 0.6) is 0 Å². The summed E-state index contributed by atoms with van der Waals surface area (Å²) in [6.07, 6.45) is 5.24. The van der Waals surface area contributed by atoms with Crippen molar-refractivity contribution in [2.24, 2.45) is 5.92 Å². The summed E-state index contributed by atoms with van der Waals surface area (Å²) < 4.78 is 0. The van der Waals surface area contributed by atoms with E-state index in [1.165, 1.54) is 21.1 Å². The largest absolute Gasteiger partial charge is 0.481 e. The van der Waals surface area contributed by atoms with Gasteiger partial charge in [-0.05, 0) is 49.2 Å². The summed E-state index contributed by atoms with van der Waals surface area (Å²) in [5, 5.41) is 8.54. The molecule has 144 valence electrons. The average Bonchev–Trinajstić information content (AvgIpc) is 2.77. The van der Waals surface area contributed by atoms with E-state index in [1.54, 1.807) is 0 Å². The minimum absolute atomic E-state index is 0.0146. The van der Waals surface area contributed by atoms with Crippen LogP contribution in [0.2, 0.25) is 0 Å². The molecule has 1 N–H and O–H groups in total. The molecule has 0 atom stereocenters. The second-order valence-corrected chi connectivity index (χ2v) is 8.95. The number of aliphatic carboxylic acids is 1. The predicted molar refractivity (Wildman–Crippen MR) is 116 cm³/mol. The standard InChI is InChI=1S/C18H15S.C7H12O2/c1-4-10-16(11-5-1)19(17-12-6-2-7-13-17)18-14-8-3-9-15-18;8-7(9)6-4-2-1-3-5-6/h1-15H;6H,1-5H2,(H,8,9)/q+1;. The zero-order valence-electron chi connectivity index (χ0n) is 16.0. The van der Waals surface area contributed by atoms with Crippen LogP contribution < -0.4 is 0 Å². The summed E-state index contributed by atoms with van der Waals surface area (Å²) in [4.78, 5) is 14.4. The van der Waals surface area contributed by atoms with Gasteiger partial charge >= 0.3 is 5.97 Å². The number of carboxylic acid groups (broad SMARTS) is 1. The van der Waals surface area contributed by atoms with Gasteiger partial charge < -0.3 is 5.11 Å². The summed E-state index contributed by atoms with van der Waals surface area (Å²) in [5.74, 6) is -0.631. The van der Waals surface area contributed by atoms with E-state index in [0.717, 1.165) is 25.7 Å². The monoisotopic (exact) mass is 391 g/mol. The molecule has 4 rings (SSSR count). The molecule has 3 heteroatoms. The first-order valence-electron chi connectivity index (χ1n) is 9.88. The van der Waals surface area contributed by atoms with E-state index in [2.05, 4.69) is 91.0 Å². The van der Waals surface area contributed by atoms with Crippen LogP contribution in [0.3, 0.4) is 0 Å². The third kappa shape index (κ3) is 5.74. The highest BCUT2D eigenvalue weighted by atomic mass is 32.2. The highest BCUT2D eigenvalue weighted by molar-refractivity contribution is 7.97. The Labute approximate surface area is 170 Å². The minimum atomic E-state index is -0.602. The van der Waals surface area contributed by atoms with Gasteiger partial charge in [0.2, 0.25) is 0 Å². The van der Waals surface area contributed by atoms with Crippen LogP contribution in [0.1, 0.15) is 32.1 Å². The number of hydrogen-bond acceptors (Lipinski definition) is 1. The average molecular weight is 392 g/mol. The first-order valence-corrected chi connectivity index (χ1v) is 11.1. The summed E-state index contributed by atoms with van der Waals surface area (Å²) in [5.41, 5.74) is 0. The lowest BCUT2D eigenvalue weighted by molar-refractivity contribution is -0.142. The van der Waals surface area contributed by atoms with Gasteiger partial charge in [0.25, 0.3) is 0 Å². The van der Waals surface area contributed by atoms with E-state index < -0.39 is 5.97 Å². The van der Waals surface area contributed by atoms with Crippen molar-refractivity contribution in [3.8, 4) is 0 Å². The Balaban J connectivity index is 0.000000211. The molecule has 0 amide bonds. The third-order valence-corrected chi connectivity index (χ3v) is 7.12. The maximum atomic E-state index is 10.4. The van der Waals surface area contributed by atoms with Gasteiger partial charge in [0, 0.05) is 0 Å². The van der Waals surface area contributed by atoms with E-state index in [-0.39, 0.29) is 16.8 Å². The van der Waals surface area contributed by atoms with Crippen molar-refractivity contribution >= 4 is 16.9 Å². The van der Waals surface area contributed by atoms with Crippen molar-refractivity contribution in [1.29, 1.82) is 0 Å². The molecule has 0 unspecified atom stereocenters. The first kappa shape index (κ1) is 20.2. The van der Waals surface area contributed by atoms with Crippen molar-refractivity contribution in [3.05, 3.63) is 91.0 Å². The van der Waals surface area contributed by atoms with Gasteiger partial charge in [-0.3, -0.25) is 4.79 Å². The highest BCUT2D eigenvalue weighted by Crippen LogP contribution is 2.30. The van der Waals surface area contributed by atoms with Crippen LogP contribution in [0, 0.1) is 5.92 Å². The quantitative estimate of drug-likeness (QED) is 0.520. The molecule has 0 bridgehead atoms.